The Morgan fingerprint density at radius 1 is 1.12 bits per heavy atom. The van der Waals surface area contributed by atoms with Gasteiger partial charge in [0.2, 0.25) is 0 Å². The molecule has 0 unspecified atom stereocenters. The Kier molecular flexibility index (Phi) is 2.15. The fourth-order valence-electron chi connectivity index (χ4n) is 1.60. The molecule has 0 aliphatic carbocycles. The number of aromatic nitrogens is 3. The standard InChI is InChI=1S/C12H9N3S/c1-8-2-3-11(14-4-8)10-6-16-12-9(10)5-13-7-15-12/h2-7H,1H3. The number of fused-ring (bicyclic) bond motifs is 1. The van der Waals surface area contributed by atoms with E-state index in [4.69, 9.17) is 0 Å². The van der Waals surface area contributed by atoms with Gasteiger partial charge >= 0.3 is 0 Å². The molecule has 0 aromatic carbocycles. The lowest BCUT2D eigenvalue weighted by atomic mass is 10.1. The van der Waals surface area contributed by atoms with E-state index in [0.29, 0.717) is 0 Å². The predicted octanol–water partition coefficient (Wildman–Crippen LogP) is 3.06. The Bertz CT molecular complexity index is 628. The second-order valence-corrected chi connectivity index (χ2v) is 4.47. The number of rotatable bonds is 1. The van der Waals surface area contributed by atoms with E-state index in [1.165, 1.54) is 5.56 Å². The quantitative estimate of drug-likeness (QED) is 0.641. The van der Waals surface area contributed by atoms with Crippen molar-refractivity contribution in [3.8, 4) is 11.3 Å². The van der Waals surface area contributed by atoms with Crippen LogP contribution < -0.4 is 0 Å². The van der Waals surface area contributed by atoms with Crippen molar-refractivity contribution in [2.45, 2.75) is 6.92 Å². The molecule has 0 atom stereocenters. The summed E-state index contributed by atoms with van der Waals surface area (Å²) in [5.41, 5.74) is 3.26. The summed E-state index contributed by atoms with van der Waals surface area (Å²) in [6.07, 6.45) is 5.30. The van der Waals surface area contributed by atoms with E-state index in [2.05, 4.69) is 26.4 Å². The van der Waals surface area contributed by atoms with Gasteiger partial charge in [0.15, 0.2) is 0 Å². The van der Waals surface area contributed by atoms with Gasteiger partial charge in [0.05, 0.1) is 5.69 Å². The van der Waals surface area contributed by atoms with Gasteiger partial charge in [-0.3, -0.25) is 4.98 Å². The maximum atomic E-state index is 4.42. The molecule has 0 bridgehead atoms. The molecule has 3 heterocycles. The minimum atomic E-state index is 0.978. The first kappa shape index (κ1) is 9.42. The first-order valence-corrected chi connectivity index (χ1v) is 5.83. The lowest BCUT2D eigenvalue weighted by molar-refractivity contribution is 1.23. The normalized spacial score (nSPS) is 10.8. The summed E-state index contributed by atoms with van der Waals surface area (Å²) < 4.78 is 0. The van der Waals surface area contributed by atoms with Gasteiger partial charge in [0.25, 0.3) is 0 Å². The summed E-state index contributed by atoms with van der Waals surface area (Å²) in [5, 5.41) is 3.15. The monoisotopic (exact) mass is 227 g/mol. The molecule has 16 heavy (non-hydrogen) atoms. The summed E-state index contributed by atoms with van der Waals surface area (Å²) >= 11 is 1.62. The van der Waals surface area contributed by atoms with Crippen molar-refractivity contribution in [2.24, 2.45) is 0 Å². The highest BCUT2D eigenvalue weighted by atomic mass is 32.1. The number of hydrogen-bond acceptors (Lipinski definition) is 4. The molecule has 0 saturated carbocycles. The van der Waals surface area contributed by atoms with Crippen LogP contribution in [0.25, 0.3) is 21.5 Å². The Balaban J connectivity index is 2.22. The number of aryl methyl sites for hydroxylation is 1. The zero-order chi connectivity index (χ0) is 11.0. The maximum absolute atomic E-state index is 4.42. The van der Waals surface area contributed by atoms with Crippen LogP contribution in [0.5, 0.6) is 0 Å². The average molecular weight is 227 g/mol. The van der Waals surface area contributed by atoms with Crippen LogP contribution in [-0.2, 0) is 0 Å². The Hall–Kier alpha value is -1.81. The van der Waals surface area contributed by atoms with Gasteiger partial charge in [-0.15, -0.1) is 11.3 Å². The van der Waals surface area contributed by atoms with Crippen LogP contribution in [0.3, 0.4) is 0 Å². The highest BCUT2D eigenvalue weighted by molar-refractivity contribution is 7.17. The smallest absolute Gasteiger partial charge is 0.127 e. The highest BCUT2D eigenvalue weighted by Gasteiger charge is 2.07. The number of pyridine rings is 1. The first-order chi connectivity index (χ1) is 7.84. The van der Waals surface area contributed by atoms with Crippen LogP contribution in [0.4, 0.5) is 0 Å². The minimum Gasteiger partial charge on any atom is -0.256 e. The van der Waals surface area contributed by atoms with Crippen molar-refractivity contribution in [2.75, 3.05) is 0 Å². The van der Waals surface area contributed by atoms with Gasteiger partial charge < -0.3 is 0 Å². The summed E-state index contributed by atoms with van der Waals surface area (Å²) in [6.45, 7) is 2.03. The molecule has 0 aliphatic heterocycles. The van der Waals surface area contributed by atoms with Crippen LogP contribution in [0.2, 0.25) is 0 Å². The van der Waals surface area contributed by atoms with Crippen LogP contribution in [-0.4, -0.2) is 15.0 Å². The maximum Gasteiger partial charge on any atom is 0.127 e. The molecular formula is C12H9N3S. The van der Waals surface area contributed by atoms with Crippen molar-refractivity contribution in [3.63, 3.8) is 0 Å². The average Bonchev–Trinajstić information content (AvgIpc) is 2.74. The van der Waals surface area contributed by atoms with Crippen molar-refractivity contribution in [1.29, 1.82) is 0 Å². The molecule has 0 aliphatic rings. The summed E-state index contributed by atoms with van der Waals surface area (Å²) in [5.74, 6) is 0. The molecule has 78 valence electrons. The number of nitrogens with zero attached hydrogens (tertiary/aromatic N) is 3. The molecule has 0 saturated heterocycles. The lowest BCUT2D eigenvalue weighted by Crippen LogP contribution is -1.83. The summed E-state index contributed by atoms with van der Waals surface area (Å²) in [6, 6.07) is 4.10. The van der Waals surface area contributed by atoms with Crippen molar-refractivity contribution in [1.82, 2.24) is 15.0 Å². The van der Waals surface area contributed by atoms with Crippen LogP contribution in [0.1, 0.15) is 5.56 Å². The van der Waals surface area contributed by atoms with Crippen LogP contribution >= 0.6 is 11.3 Å². The summed E-state index contributed by atoms with van der Waals surface area (Å²) in [4.78, 5) is 13.7. The fraction of sp³-hybridized carbons (Fsp3) is 0.0833. The van der Waals surface area contributed by atoms with Gasteiger partial charge in [0, 0.05) is 28.7 Å². The summed E-state index contributed by atoms with van der Waals surface area (Å²) in [7, 11) is 0. The lowest BCUT2D eigenvalue weighted by Gasteiger charge is -1.98. The van der Waals surface area contributed by atoms with Gasteiger partial charge in [-0.2, -0.15) is 0 Å². The fourth-order valence-corrected chi connectivity index (χ4v) is 2.48. The Labute approximate surface area is 96.8 Å². The molecule has 3 aromatic heterocycles. The van der Waals surface area contributed by atoms with Gasteiger partial charge in [-0.1, -0.05) is 6.07 Å². The number of hydrogen-bond donors (Lipinski definition) is 0. The Morgan fingerprint density at radius 3 is 2.88 bits per heavy atom. The molecule has 0 N–H and O–H groups in total. The molecule has 3 aromatic rings. The predicted molar refractivity (Wildman–Crippen MR) is 65.4 cm³/mol. The van der Waals surface area contributed by atoms with Crippen LogP contribution in [0, 0.1) is 6.92 Å². The molecule has 0 amide bonds. The van der Waals surface area contributed by atoms with Crippen LogP contribution in [0.15, 0.2) is 36.2 Å². The topological polar surface area (TPSA) is 38.7 Å². The van der Waals surface area contributed by atoms with E-state index in [9.17, 15) is 0 Å². The zero-order valence-corrected chi connectivity index (χ0v) is 9.53. The van der Waals surface area contributed by atoms with E-state index in [1.807, 2.05) is 25.4 Å². The van der Waals surface area contributed by atoms with E-state index < -0.39 is 0 Å². The second-order valence-electron chi connectivity index (χ2n) is 3.61. The van der Waals surface area contributed by atoms with Gasteiger partial charge in [0.1, 0.15) is 11.2 Å². The molecule has 3 rings (SSSR count). The molecule has 0 spiro atoms. The minimum absolute atomic E-state index is 0.978. The molecule has 4 heteroatoms. The molecule has 0 radical (unpaired) electrons. The van der Waals surface area contributed by atoms with Gasteiger partial charge in [-0.05, 0) is 18.6 Å². The molecule has 0 fully saturated rings. The number of thiophene rings is 1. The van der Waals surface area contributed by atoms with E-state index in [0.717, 1.165) is 21.5 Å². The Morgan fingerprint density at radius 2 is 2.06 bits per heavy atom. The third-order valence-electron chi connectivity index (χ3n) is 2.44. The third kappa shape index (κ3) is 1.47. The third-order valence-corrected chi connectivity index (χ3v) is 3.34. The van der Waals surface area contributed by atoms with Crippen molar-refractivity contribution < 1.29 is 0 Å². The zero-order valence-electron chi connectivity index (χ0n) is 8.71. The SMILES string of the molecule is Cc1ccc(-c2csc3ncncc23)nc1. The van der Waals surface area contributed by atoms with Gasteiger partial charge in [-0.25, -0.2) is 9.97 Å². The second kappa shape index (κ2) is 3.64. The first-order valence-electron chi connectivity index (χ1n) is 4.95. The molecule has 3 nitrogen and oxygen atoms in total. The van der Waals surface area contributed by atoms with E-state index >= 15 is 0 Å². The molecular weight excluding hydrogens is 218 g/mol. The van der Waals surface area contributed by atoms with Crippen molar-refractivity contribution in [3.05, 3.63) is 41.8 Å². The van der Waals surface area contributed by atoms with Crippen molar-refractivity contribution >= 4 is 21.6 Å². The highest BCUT2D eigenvalue weighted by Crippen LogP contribution is 2.30. The van der Waals surface area contributed by atoms with E-state index in [1.54, 1.807) is 17.7 Å². The van der Waals surface area contributed by atoms with E-state index in [-0.39, 0.29) is 0 Å². The largest absolute Gasteiger partial charge is 0.256 e.